The lowest BCUT2D eigenvalue weighted by atomic mass is 10.1. The molecule has 12 heteroatoms. The van der Waals surface area contributed by atoms with Gasteiger partial charge in [-0.2, -0.15) is 0 Å². The second kappa shape index (κ2) is 12.3. The van der Waals surface area contributed by atoms with Crippen LogP contribution in [-0.4, -0.2) is 50.5 Å². The molecule has 186 valence electrons. The number of sulfonamides is 1. The molecule has 0 saturated heterocycles. The summed E-state index contributed by atoms with van der Waals surface area (Å²) in [4.78, 5) is 27.6. The highest BCUT2D eigenvalue weighted by atomic mass is 35.5. The van der Waals surface area contributed by atoms with E-state index in [1.165, 1.54) is 23.1 Å². The van der Waals surface area contributed by atoms with Crippen LogP contribution in [-0.2, 0) is 26.2 Å². The molecule has 0 saturated carbocycles. The van der Waals surface area contributed by atoms with E-state index in [0.717, 1.165) is 10.6 Å². The Hall–Kier alpha value is -1.71. The van der Waals surface area contributed by atoms with E-state index in [4.69, 9.17) is 46.4 Å². The van der Waals surface area contributed by atoms with Gasteiger partial charge in [0.2, 0.25) is 21.8 Å². The zero-order valence-electron chi connectivity index (χ0n) is 18.8. The van der Waals surface area contributed by atoms with Gasteiger partial charge in [-0.3, -0.25) is 13.9 Å². The quantitative estimate of drug-likeness (QED) is 0.436. The van der Waals surface area contributed by atoms with Crippen LogP contribution < -0.4 is 9.62 Å². The fourth-order valence-corrected chi connectivity index (χ4v) is 4.75. The third-order valence-corrected chi connectivity index (χ3v) is 7.56. The van der Waals surface area contributed by atoms with E-state index in [1.807, 2.05) is 0 Å². The minimum atomic E-state index is -3.88. The Kier molecular flexibility index (Phi) is 10.3. The molecule has 1 atom stereocenters. The standard InChI is InChI=1S/C22H25Cl4N3O4S/c1-4-20(22(31)27-5-2)28(12-14-6-8-16(23)18(25)10-14)21(30)13-29(34(3,32)33)15-7-9-17(24)19(26)11-15/h6-11,20H,4-5,12-13H2,1-3H3,(H,27,31)/t20-/m0/s1. The van der Waals surface area contributed by atoms with Crippen molar-refractivity contribution in [2.24, 2.45) is 0 Å². The van der Waals surface area contributed by atoms with Crippen LogP contribution in [0, 0.1) is 0 Å². The molecule has 0 aliphatic carbocycles. The van der Waals surface area contributed by atoms with Crippen LogP contribution in [0.3, 0.4) is 0 Å². The summed E-state index contributed by atoms with van der Waals surface area (Å²) in [6.45, 7) is 3.38. The van der Waals surface area contributed by atoms with Crippen molar-refractivity contribution in [1.82, 2.24) is 10.2 Å². The fraction of sp³-hybridized carbons (Fsp3) is 0.364. The molecular formula is C22H25Cl4N3O4S. The predicted octanol–water partition coefficient (Wildman–Crippen LogP) is 5.01. The Labute approximate surface area is 220 Å². The van der Waals surface area contributed by atoms with Gasteiger partial charge < -0.3 is 10.2 Å². The van der Waals surface area contributed by atoms with Gasteiger partial charge in [-0.05, 0) is 49.2 Å². The van der Waals surface area contributed by atoms with Gasteiger partial charge in [0.25, 0.3) is 0 Å². The first-order valence-corrected chi connectivity index (χ1v) is 13.7. The minimum Gasteiger partial charge on any atom is -0.355 e. The van der Waals surface area contributed by atoms with Crippen molar-refractivity contribution < 1.29 is 18.0 Å². The van der Waals surface area contributed by atoms with E-state index in [9.17, 15) is 18.0 Å². The highest BCUT2D eigenvalue weighted by molar-refractivity contribution is 7.92. The molecule has 0 radical (unpaired) electrons. The summed E-state index contributed by atoms with van der Waals surface area (Å²) in [6, 6.07) is 8.30. The van der Waals surface area contributed by atoms with E-state index >= 15 is 0 Å². The maximum atomic E-state index is 13.5. The Morgan fingerprint density at radius 1 is 0.941 bits per heavy atom. The van der Waals surface area contributed by atoms with Gasteiger partial charge in [0.1, 0.15) is 12.6 Å². The summed E-state index contributed by atoms with van der Waals surface area (Å²) >= 11 is 24.2. The molecule has 2 amide bonds. The zero-order chi connectivity index (χ0) is 25.6. The number of benzene rings is 2. The topological polar surface area (TPSA) is 86.8 Å². The van der Waals surface area contributed by atoms with Crippen LogP contribution in [0.25, 0.3) is 0 Å². The van der Waals surface area contributed by atoms with E-state index in [0.29, 0.717) is 28.6 Å². The maximum Gasteiger partial charge on any atom is 0.244 e. The molecule has 7 nitrogen and oxygen atoms in total. The van der Waals surface area contributed by atoms with E-state index < -0.39 is 28.5 Å². The lowest BCUT2D eigenvalue weighted by molar-refractivity contribution is -0.140. The van der Waals surface area contributed by atoms with Crippen molar-refractivity contribution in [3.05, 3.63) is 62.1 Å². The maximum absolute atomic E-state index is 13.5. The van der Waals surface area contributed by atoms with Crippen molar-refractivity contribution in [1.29, 1.82) is 0 Å². The van der Waals surface area contributed by atoms with Crippen LogP contribution in [0.15, 0.2) is 36.4 Å². The smallest absolute Gasteiger partial charge is 0.244 e. The predicted molar refractivity (Wildman–Crippen MR) is 138 cm³/mol. The molecule has 0 aromatic heterocycles. The van der Waals surface area contributed by atoms with Gasteiger partial charge in [0, 0.05) is 13.1 Å². The highest BCUT2D eigenvalue weighted by Gasteiger charge is 2.31. The van der Waals surface area contributed by atoms with Crippen molar-refractivity contribution in [3.63, 3.8) is 0 Å². The van der Waals surface area contributed by atoms with Crippen LogP contribution in [0.4, 0.5) is 5.69 Å². The number of nitrogens with zero attached hydrogens (tertiary/aromatic N) is 2. The van der Waals surface area contributed by atoms with Crippen molar-refractivity contribution >= 4 is 73.9 Å². The molecule has 0 heterocycles. The van der Waals surface area contributed by atoms with Crippen LogP contribution in [0.2, 0.25) is 20.1 Å². The van der Waals surface area contributed by atoms with Crippen LogP contribution in [0.1, 0.15) is 25.8 Å². The molecule has 0 unspecified atom stereocenters. The normalized spacial score (nSPS) is 12.2. The lowest BCUT2D eigenvalue weighted by Gasteiger charge is -2.33. The van der Waals surface area contributed by atoms with Gasteiger partial charge in [0.15, 0.2) is 0 Å². The second-order valence-corrected chi connectivity index (χ2v) is 11.0. The average molecular weight is 569 g/mol. The summed E-state index contributed by atoms with van der Waals surface area (Å²) in [7, 11) is -3.88. The number of hydrogen-bond acceptors (Lipinski definition) is 4. The Balaban J connectivity index is 2.47. The van der Waals surface area contributed by atoms with Gasteiger partial charge >= 0.3 is 0 Å². The SMILES string of the molecule is CCNC(=O)[C@H](CC)N(Cc1ccc(Cl)c(Cl)c1)C(=O)CN(c1ccc(Cl)c(Cl)c1)S(C)(=O)=O. The number of amides is 2. The van der Waals surface area contributed by atoms with Crippen molar-refractivity contribution in [2.75, 3.05) is 23.7 Å². The Morgan fingerprint density at radius 2 is 1.53 bits per heavy atom. The molecule has 0 aliphatic heterocycles. The number of nitrogens with one attached hydrogen (secondary N) is 1. The first-order valence-electron chi connectivity index (χ1n) is 10.3. The number of carbonyl (C=O) groups is 2. The number of anilines is 1. The summed E-state index contributed by atoms with van der Waals surface area (Å²) < 4.78 is 26.1. The summed E-state index contributed by atoms with van der Waals surface area (Å²) in [5.74, 6) is -0.931. The Bertz CT molecular complexity index is 1160. The second-order valence-electron chi connectivity index (χ2n) is 7.46. The molecular weight excluding hydrogens is 544 g/mol. The molecule has 0 aliphatic rings. The molecule has 2 aromatic rings. The monoisotopic (exact) mass is 567 g/mol. The third kappa shape index (κ3) is 7.39. The van der Waals surface area contributed by atoms with E-state index in [1.54, 1.807) is 32.0 Å². The Morgan fingerprint density at radius 3 is 2.03 bits per heavy atom. The van der Waals surface area contributed by atoms with Crippen LogP contribution in [0.5, 0.6) is 0 Å². The van der Waals surface area contributed by atoms with Gasteiger partial charge in [-0.15, -0.1) is 0 Å². The number of likely N-dealkylation sites (N-methyl/N-ethyl adjacent to an activating group) is 1. The minimum absolute atomic E-state index is 0.0182. The summed E-state index contributed by atoms with van der Waals surface area (Å²) in [5, 5.41) is 3.75. The zero-order valence-corrected chi connectivity index (χ0v) is 22.7. The summed E-state index contributed by atoms with van der Waals surface area (Å²) in [6.07, 6.45) is 1.29. The molecule has 1 N–H and O–H groups in total. The van der Waals surface area contributed by atoms with Gasteiger partial charge in [-0.25, -0.2) is 8.42 Å². The van der Waals surface area contributed by atoms with Crippen molar-refractivity contribution in [2.45, 2.75) is 32.9 Å². The summed E-state index contributed by atoms with van der Waals surface area (Å²) in [5.41, 5.74) is 0.803. The average Bonchev–Trinajstić information content (AvgIpc) is 2.75. The molecule has 0 fully saturated rings. The van der Waals surface area contributed by atoms with Crippen LogP contribution >= 0.6 is 46.4 Å². The lowest BCUT2D eigenvalue weighted by Crippen LogP contribution is -2.52. The largest absolute Gasteiger partial charge is 0.355 e. The number of rotatable bonds is 10. The van der Waals surface area contributed by atoms with Gasteiger partial charge in [0.05, 0.1) is 32.0 Å². The fourth-order valence-electron chi connectivity index (χ4n) is 3.30. The van der Waals surface area contributed by atoms with E-state index in [2.05, 4.69) is 5.32 Å². The molecule has 0 spiro atoms. The molecule has 2 rings (SSSR count). The highest BCUT2D eigenvalue weighted by Crippen LogP contribution is 2.29. The first kappa shape index (κ1) is 28.5. The van der Waals surface area contributed by atoms with E-state index in [-0.39, 0.29) is 28.2 Å². The van der Waals surface area contributed by atoms with Crippen molar-refractivity contribution in [3.8, 4) is 0 Å². The molecule has 2 aromatic carbocycles. The van der Waals surface area contributed by atoms with Gasteiger partial charge in [-0.1, -0.05) is 59.4 Å². The number of halogens is 4. The number of carbonyl (C=O) groups excluding carboxylic acids is 2. The molecule has 0 bridgehead atoms. The third-order valence-electron chi connectivity index (χ3n) is 4.94. The first-order chi connectivity index (χ1) is 15.9. The molecule has 34 heavy (non-hydrogen) atoms. The number of hydrogen-bond donors (Lipinski definition) is 1.